The molecule has 0 spiro atoms. The molecular formula is C8H15ClN7O3Pt+. The number of nitrogens with two attached hydrogens (primary N) is 3. The van der Waals surface area contributed by atoms with E-state index in [1.807, 2.05) is 0 Å². The van der Waals surface area contributed by atoms with Gasteiger partial charge in [-0.15, -0.1) is 12.4 Å². The Morgan fingerprint density at radius 3 is 2.60 bits per heavy atom. The predicted octanol–water partition coefficient (Wildman–Crippen LogP) is 0.302. The maximum Gasteiger partial charge on any atom is 4.00 e. The number of nitrogen functional groups attached to an aromatic ring is 1. The normalized spacial score (nSPS) is 8.85. The smallest absolute Gasteiger partial charge is 0.857 e. The number of anilines is 1. The number of fused-ring (bicyclic) bond motifs is 1. The molecule has 7 N–H and O–H groups in total. The third-order valence-corrected chi connectivity index (χ3v) is 1.92. The van der Waals surface area contributed by atoms with Crippen LogP contribution in [0.2, 0.25) is 0 Å². The monoisotopic (exact) mass is 487 g/mol. The van der Waals surface area contributed by atoms with Crippen molar-refractivity contribution in [1.29, 1.82) is 0 Å². The second-order valence-corrected chi connectivity index (χ2v) is 3.03. The summed E-state index contributed by atoms with van der Waals surface area (Å²) in [7, 11) is 0. The van der Waals surface area contributed by atoms with E-state index in [0.717, 1.165) is 0 Å². The van der Waals surface area contributed by atoms with Crippen LogP contribution in [0.1, 0.15) is 0 Å². The molecule has 116 valence electrons. The van der Waals surface area contributed by atoms with Crippen LogP contribution in [0, 0.1) is 0 Å². The Kier molecular flexibility index (Phi) is 12.9. The van der Waals surface area contributed by atoms with Gasteiger partial charge in [0.2, 0.25) is 5.95 Å². The number of ether oxygens (including phenoxy) is 1. The molecule has 0 aliphatic rings. The van der Waals surface area contributed by atoms with Crippen molar-refractivity contribution >= 4 is 29.5 Å². The summed E-state index contributed by atoms with van der Waals surface area (Å²) in [6.45, 7) is 0.272. The largest absolute Gasteiger partial charge is 4.00 e. The van der Waals surface area contributed by atoms with Crippen molar-refractivity contribution in [1.82, 2.24) is 19.5 Å². The summed E-state index contributed by atoms with van der Waals surface area (Å²) in [5.74, 6) is -0.607. The minimum Gasteiger partial charge on any atom is -0.857 e. The average Bonchev–Trinajstić information content (AvgIpc) is 2.62. The summed E-state index contributed by atoms with van der Waals surface area (Å²) in [5.41, 5.74) is 5.85. The second-order valence-electron chi connectivity index (χ2n) is 3.03. The van der Waals surface area contributed by atoms with Gasteiger partial charge in [0.05, 0.1) is 19.5 Å². The molecule has 12 heteroatoms. The Balaban J connectivity index is -0.000000722. The molecular weight excluding hydrogens is 473 g/mol. The number of aromatic nitrogens is 4. The maximum atomic E-state index is 11.4. The summed E-state index contributed by atoms with van der Waals surface area (Å²) < 4.78 is 6.60. The molecule has 20 heavy (non-hydrogen) atoms. The minimum absolute atomic E-state index is 0. The maximum absolute atomic E-state index is 11.4. The van der Waals surface area contributed by atoms with E-state index in [-0.39, 0.29) is 77.2 Å². The molecule has 0 unspecified atom stereocenters. The van der Waals surface area contributed by atoms with Crippen LogP contribution in [0.15, 0.2) is 6.33 Å². The summed E-state index contributed by atoms with van der Waals surface area (Å²) in [4.78, 5) is 11.2. The van der Waals surface area contributed by atoms with E-state index in [1.165, 1.54) is 10.9 Å². The standard InChI is InChI=1S/C8H11N5O3.ClH.2H2N.Pt/c9-8-11-6-5(7(15)12-8)10-3-13(6)4-16-2-1-14;;;;/h3,14H,1-2,4H2,(H3,9,11,12,15);1H;2*1H2;/q;;2*-1;+4/p-1. The van der Waals surface area contributed by atoms with Gasteiger partial charge in [0.15, 0.2) is 5.65 Å². The number of rotatable bonds is 4. The van der Waals surface area contributed by atoms with Crippen molar-refractivity contribution in [2.24, 2.45) is 0 Å². The van der Waals surface area contributed by atoms with Crippen LogP contribution in [0.4, 0.5) is 5.95 Å². The van der Waals surface area contributed by atoms with Crippen molar-refractivity contribution < 1.29 is 36.0 Å². The van der Waals surface area contributed by atoms with E-state index >= 15 is 0 Å². The van der Waals surface area contributed by atoms with Crippen LogP contribution < -0.4 is 10.8 Å². The fourth-order valence-electron chi connectivity index (χ4n) is 1.26. The Labute approximate surface area is 135 Å². The van der Waals surface area contributed by atoms with Gasteiger partial charge in [0.1, 0.15) is 12.2 Å². The number of hydrogen-bond donors (Lipinski definition) is 2. The van der Waals surface area contributed by atoms with E-state index in [9.17, 15) is 5.11 Å². The Morgan fingerprint density at radius 2 is 2.00 bits per heavy atom. The third-order valence-electron chi connectivity index (χ3n) is 1.92. The molecule has 0 aliphatic carbocycles. The average molecular weight is 488 g/mol. The summed E-state index contributed by atoms with van der Waals surface area (Å²) in [6.07, 6.45) is 1.41. The third kappa shape index (κ3) is 5.16. The number of imidazole rings is 1. The van der Waals surface area contributed by atoms with Crippen LogP contribution in [-0.4, -0.2) is 37.8 Å². The predicted molar refractivity (Wildman–Crippen MR) is 70.0 cm³/mol. The fourth-order valence-corrected chi connectivity index (χ4v) is 1.26. The zero-order chi connectivity index (χ0) is 11.5. The van der Waals surface area contributed by atoms with E-state index in [0.29, 0.717) is 5.65 Å². The van der Waals surface area contributed by atoms with Gasteiger partial charge in [-0.3, -0.25) is 4.57 Å². The van der Waals surface area contributed by atoms with Crippen LogP contribution in [0.5, 0.6) is 5.88 Å². The molecule has 0 aromatic carbocycles. The van der Waals surface area contributed by atoms with Crippen LogP contribution in [-0.2, 0) is 32.5 Å². The molecule has 0 saturated heterocycles. The van der Waals surface area contributed by atoms with Crippen LogP contribution >= 0.6 is 12.4 Å². The van der Waals surface area contributed by atoms with Gasteiger partial charge in [-0.05, 0) is 0 Å². The molecule has 0 amide bonds. The number of aliphatic hydroxyl groups is 1. The van der Waals surface area contributed by atoms with Crippen molar-refractivity contribution in [3.8, 4) is 5.88 Å². The molecule has 2 heterocycles. The second kappa shape index (κ2) is 10.7. The van der Waals surface area contributed by atoms with Crippen molar-refractivity contribution in [2.45, 2.75) is 6.73 Å². The first kappa shape index (κ1) is 24.0. The first-order valence-electron chi connectivity index (χ1n) is 4.56. The van der Waals surface area contributed by atoms with Gasteiger partial charge >= 0.3 is 21.1 Å². The zero-order valence-corrected chi connectivity index (χ0v) is 13.3. The molecule has 2 rings (SSSR count). The van der Waals surface area contributed by atoms with Crippen molar-refractivity contribution in [3.05, 3.63) is 18.6 Å². The van der Waals surface area contributed by atoms with Gasteiger partial charge in [-0.1, -0.05) is 0 Å². The van der Waals surface area contributed by atoms with Crippen molar-refractivity contribution in [3.63, 3.8) is 0 Å². The van der Waals surface area contributed by atoms with E-state index in [2.05, 4.69) is 15.0 Å². The molecule has 10 nitrogen and oxygen atoms in total. The SMILES string of the molecule is Cl.Nc1nc([O-])c2ncn(COCCO)c2n1.[NH2-].[NH2-].[Pt+4]. The quantitative estimate of drug-likeness (QED) is 0.579. The molecule has 2 aromatic heterocycles. The minimum atomic E-state index is -0.511. The summed E-state index contributed by atoms with van der Waals surface area (Å²) in [5, 5.41) is 19.9. The molecule has 0 saturated carbocycles. The molecule has 2 aromatic rings. The van der Waals surface area contributed by atoms with Gasteiger partial charge in [-0.25, -0.2) is 9.97 Å². The number of halogens is 1. The first-order chi connectivity index (χ1) is 7.72. The molecule has 0 atom stereocenters. The number of hydrogen-bond acceptors (Lipinski definition) is 7. The number of nitrogens with zero attached hydrogens (tertiary/aromatic N) is 4. The van der Waals surface area contributed by atoms with Crippen LogP contribution in [0.25, 0.3) is 23.5 Å². The van der Waals surface area contributed by atoms with Crippen molar-refractivity contribution in [2.75, 3.05) is 18.9 Å². The zero-order valence-electron chi connectivity index (χ0n) is 10.2. The molecule has 0 fully saturated rings. The summed E-state index contributed by atoms with van der Waals surface area (Å²) >= 11 is 0. The van der Waals surface area contributed by atoms with Crippen LogP contribution in [0.3, 0.4) is 0 Å². The molecule has 0 aliphatic heterocycles. The Bertz CT molecular complexity index is 512. The van der Waals surface area contributed by atoms with E-state index in [1.54, 1.807) is 0 Å². The van der Waals surface area contributed by atoms with E-state index in [4.69, 9.17) is 15.6 Å². The Hall–Kier alpha value is -1.03. The van der Waals surface area contributed by atoms with Gasteiger partial charge in [0, 0.05) is 5.88 Å². The first-order valence-corrected chi connectivity index (χ1v) is 4.56. The number of aliphatic hydroxyl groups excluding tert-OH is 1. The Morgan fingerprint density at radius 1 is 1.35 bits per heavy atom. The van der Waals surface area contributed by atoms with Gasteiger partial charge < -0.3 is 33.0 Å². The van der Waals surface area contributed by atoms with Gasteiger partial charge in [-0.2, -0.15) is 4.98 Å². The van der Waals surface area contributed by atoms with E-state index < -0.39 is 5.88 Å². The van der Waals surface area contributed by atoms with Gasteiger partial charge in [0.25, 0.3) is 0 Å². The fraction of sp³-hybridized carbons (Fsp3) is 0.375. The topological polar surface area (TPSA) is 189 Å². The summed E-state index contributed by atoms with van der Waals surface area (Å²) in [6, 6.07) is 0. The molecule has 0 bridgehead atoms. The molecule has 0 radical (unpaired) electrons.